The minimum atomic E-state index is -0.807. The van der Waals surface area contributed by atoms with E-state index in [0.717, 1.165) is 16.7 Å². The summed E-state index contributed by atoms with van der Waals surface area (Å²) in [5.74, 6) is 0. The van der Waals surface area contributed by atoms with Gasteiger partial charge in [-0.15, -0.1) is 0 Å². The third-order valence-corrected chi connectivity index (χ3v) is 5.17. The molecule has 0 aromatic heterocycles. The van der Waals surface area contributed by atoms with Crippen LogP contribution in [0.25, 0.3) is 0 Å². The summed E-state index contributed by atoms with van der Waals surface area (Å²) in [6, 6.07) is 30.4. The van der Waals surface area contributed by atoms with Crippen molar-refractivity contribution < 1.29 is 14.3 Å². The van der Waals surface area contributed by atoms with Gasteiger partial charge in [0, 0.05) is 0 Å². The lowest BCUT2D eigenvalue weighted by Crippen LogP contribution is -2.38. The van der Waals surface area contributed by atoms with E-state index in [0.29, 0.717) is 0 Å². The van der Waals surface area contributed by atoms with Gasteiger partial charge in [-0.2, -0.15) is 0 Å². The summed E-state index contributed by atoms with van der Waals surface area (Å²) in [5, 5.41) is 2.78. The van der Waals surface area contributed by atoms with Crippen LogP contribution < -0.4 is 5.32 Å². The number of cyclic esters (lactones) is 1. The van der Waals surface area contributed by atoms with Crippen LogP contribution in [-0.4, -0.2) is 24.8 Å². The van der Waals surface area contributed by atoms with Gasteiger partial charge in [-0.05, 0) is 23.6 Å². The summed E-state index contributed by atoms with van der Waals surface area (Å²) in [7, 11) is 0. The van der Waals surface area contributed by atoms with Gasteiger partial charge in [-0.1, -0.05) is 91.0 Å². The van der Waals surface area contributed by atoms with E-state index in [1.165, 1.54) is 0 Å². The lowest BCUT2D eigenvalue weighted by atomic mass is 9.80. The maximum atomic E-state index is 11.6. The molecule has 1 heterocycles. The normalized spacial score (nSPS) is 19.1. The van der Waals surface area contributed by atoms with Crippen LogP contribution in [0.3, 0.4) is 0 Å². The molecule has 3 aromatic rings. The fourth-order valence-electron chi connectivity index (χ4n) is 3.71. The fraction of sp³-hybridized carbons (Fsp3) is 0.208. The summed E-state index contributed by atoms with van der Waals surface area (Å²) in [4.78, 5) is 11.6. The van der Waals surface area contributed by atoms with Gasteiger partial charge in [-0.25, -0.2) is 4.79 Å². The fourth-order valence-corrected chi connectivity index (χ4v) is 3.71. The standard InChI is InChI=1S/C24H23NO3/c1-18-22(28-23(26)25-18)17-27-24(19-11-5-2-6-12-19,20-13-7-3-8-14-20)21-15-9-4-10-16-21/h2-16,18,22H,17H2,1H3,(H,25,26)/t18-,22+/m0/s1. The zero-order valence-corrected chi connectivity index (χ0v) is 15.7. The van der Waals surface area contributed by atoms with Crippen molar-refractivity contribution in [3.8, 4) is 0 Å². The number of carbonyl (C=O) groups excluding carboxylic acids is 1. The lowest BCUT2D eigenvalue weighted by molar-refractivity contribution is -0.0353. The Morgan fingerprint density at radius 1 is 0.821 bits per heavy atom. The molecule has 0 radical (unpaired) electrons. The molecule has 142 valence electrons. The highest BCUT2D eigenvalue weighted by Gasteiger charge is 2.40. The predicted octanol–water partition coefficient (Wildman–Crippen LogP) is 4.49. The largest absolute Gasteiger partial charge is 0.442 e. The third kappa shape index (κ3) is 3.39. The molecular formula is C24H23NO3. The smallest absolute Gasteiger partial charge is 0.407 e. The van der Waals surface area contributed by atoms with Crippen LogP contribution in [0.15, 0.2) is 91.0 Å². The van der Waals surface area contributed by atoms with E-state index < -0.39 is 11.7 Å². The molecule has 2 atom stereocenters. The van der Waals surface area contributed by atoms with Crippen molar-refractivity contribution in [1.29, 1.82) is 0 Å². The van der Waals surface area contributed by atoms with Gasteiger partial charge in [0.05, 0.1) is 12.6 Å². The molecule has 4 rings (SSSR count). The molecule has 3 aromatic carbocycles. The van der Waals surface area contributed by atoms with Gasteiger partial charge >= 0.3 is 6.09 Å². The molecule has 4 heteroatoms. The number of alkyl carbamates (subject to hydrolysis) is 1. The Morgan fingerprint density at radius 3 is 1.61 bits per heavy atom. The quantitative estimate of drug-likeness (QED) is 0.648. The molecule has 0 spiro atoms. The molecule has 0 saturated carbocycles. The molecule has 1 aliphatic heterocycles. The Morgan fingerprint density at radius 2 is 1.25 bits per heavy atom. The molecule has 1 aliphatic rings. The van der Waals surface area contributed by atoms with Gasteiger partial charge in [-0.3, -0.25) is 0 Å². The average molecular weight is 373 g/mol. The van der Waals surface area contributed by atoms with E-state index >= 15 is 0 Å². The first-order valence-electron chi connectivity index (χ1n) is 9.48. The van der Waals surface area contributed by atoms with Crippen LogP contribution >= 0.6 is 0 Å². The van der Waals surface area contributed by atoms with Crippen molar-refractivity contribution in [2.24, 2.45) is 0 Å². The van der Waals surface area contributed by atoms with Crippen molar-refractivity contribution in [3.05, 3.63) is 108 Å². The number of benzene rings is 3. The molecular weight excluding hydrogens is 350 g/mol. The van der Waals surface area contributed by atoms with E-state index in [4.69, 9.17) is 9.47 Å². The number of amides is 1. The number of hydrogen-bond acceptors (Lipinski definition) is 3. The van der Waals surface area contributed by atoms with Crippen LogP contribution in [0, 0.1) is 0 Å². The first-order valence-corrected chi connectivity index (χ1v) is 9.48. The monoisotopic (exact) mass is 373 g/mol. The molecule has 0 bridgehead atoms. The highest BCUT2D eigenvalue weighted by Crippen LogP contribution is 2.40. The van der Waals surface area contributed by atoms with Crippen molar-refractivity contribution >= 4 is 6.09 Å². The maximum Gasteiger partial charge on any atom is 0.407 e. The van der Waals surface area contributed by atoms with Gasteiger partial charge in [0.1, 0.15) is 11.7 Å². The third-order valence-electron chi connectivity index (χ3n) is 5.17. The molecule has 0 unspecified atom stereocenters. The van der Waals surface area contributed by atoms with E-state index in [9.17, 15) is 4.79 Å². The van der Waals surface area contributed by atoms with Gasteiger partial charge in [0.15, 0.2) is 0 Å². The van der Waals surface area contributed by atoms with Crippen LogP contribution in [0.4, 0.5) is 4.79 Å². The maximum absolute atomic E-state index is 11.6. The highest BCUT2D eigenvalue weighted by atomic mass is 16.6. The van der Waals surface area contributed by atoms with Gasteiger partial charge < -0.3 is 14.8 Å². The number of nitrogens with one attached hydrogen (secondary N) is 1. The molecule has 28 heavy (non-hydrogen) atoms. The highest BCUT2D eigenvalue weighted by molar-refractivity contribution is 5.70. The van der Waals surface area contributed by atoms with E-state index in [1.54, 1.807) is 0 Å². The molecule has 0 aliphatic carbocycles. The Hall–Kier alpha value is -3.11. The number of rotatable bonds is 6. The Bertz CT molecular complexity index is 816. The number of carbonyl (C=O) groups is 1. The van der Waals surface area contributed by atoms with Crippen molar-refractivity contribution in [2.45, 2.75) is 24.7 Å². The second-order valence-electron chi connectivity index (χ2n) is 6.97. The van der Waals surface area contributed by atoms with Gasteiger partial charge in [0.25, 0.3) is 0 Å². The molecule has 4 nitrogen and oxygen atoms in total. The minimum absolute atomic E-state index is 0.104. The zero-order chi connectivity index (χ0) is 19.4. The average Bonchev–Trinajstić information content (AvgIpc) is 3.08. The van der Waals surface area contributed by atoms with E-state index in [2.05, 4.69) is 41.7 Å². The SMILES string of the molecule is C[C@@H]1NC(=O)O[C@@H]1COC(c1ccccc1)(c1ccccc1)c1ccccc1. The molecule has 1 saturated heterocycles. The summed E-state index contributed by atoms with van der Waals surface area (Å²) in [5.41, 5.74) is 2.27. The van der Waals surface area contributed by atoms with Crippen molar-refractivity contribution in [2.75, 3.05) is 6.61 Å². The first kappa shape index (κ1) is 18.3. The second kappa shape index (κ2) is 7.87. The summed E-state index contributed by atoms with van der Waals surface area (Å²) >= 11 is 0. The molecule has 1 N–H and O–H groups in total. The summed E-state index contributed by atoms with van der Waals surface area (Å²) < 4.78 is 12.1. The van der Waals surface area contributed by atoms with Crippen LogP contribution in [0.2, 0.25) is 0 Å². The summed E-state index contributed by atoms with van der Waals surface area (Å²) in [6.07, 6.45) is -0.742. The lowest BCUT2D eigenvalue weighted by Gasteiger charge is -2.36. The van der Waals surface area contributed by atoms with Gasteiger partial charge in [0.2, 0.25) is 0 Å². The van der Waals surface area contributed by atoms with E-state index in [1.807, 2.05) is 61.5 Å². The number of hydrogen-bond donors (Lipinski definition) is 1. The Balaban J connectivity index is 1.82. The number of ether oxygens (including phenoxy) is 2. The first-order chi connectivity index (χ1) is 13.7. The topological polar surface area (TPSA) is 47.6 Å². The Labute approximate surface area is 165 Å². The van der Waals surface area contributed by atoms with Crippen molar-refractivity contribution in [1.82, 2.24) is 5.32 Å². The molecule has 1 fully saturated rings. The summed E-state index contributed by atoms with van der Waals surface area (Å²) in [6.45, 7) is 2.20. The van der Waals surface area contributed by atoms with Crippen LogP contribution in [-0.2, 0) is 15.1 Å². The minimum Gasteiger partial charge on any atom is -0.442 e. The van der Waals surface area contributed by atoms with Crippen LogP contribution in [0.5, 0.6) is 0 Å². The second-order valence-corrected chi connectivity index (χ2v) is 6.97. The Kier molecular flexibility index (Phi) is 5.13. The zero-order valence-electron chi connectivity index (χ0n) is 15.7. The van der Waals surface area contributed by atoms with Crippen LogP contribution in [0.1, 0.15) is 23.6 Å². The predicted molar refractivity (Wildman–Crippen MR) is 108 cm³/mol. The van der Waals surface area contributed by atoms with E-state index in [-0.39, 0.29) is 18.8 Å². The molecule has 1 amide bonds. The van der Waals surface area contributed by atoms with Crippen molar-refractivity contribution in [3.63, 3.8) is 0 Å².